The zero-order valence-corrected chi connectivity index (χ0v) is 13.3. The third kappa shape index (κ3) is 3.05. The first kappa shape index (κ1) is 15.9. The number of hydrogen-bond acceptors (Lipinski definition) is 2. The Labute approximate surface area is 142 Å². The molecule has 3 aromatic rings. The zero-order valence-electron chi connectivity index (χ0n) is 13.3. The normalized spacial score (nSPS) is 15.4. The quantitative estimate of drug-likeness (QED) is 0.666. The molecular weight excluding hydrogens is 329 g/mol. The molecule has 0 unspecified atom stereocenters. The second-order valence-corrected chi connectivity index (χ2v) is 5.96. The molecule has 1 aliphatic heterocycles. The molecule has 2 aromatic heterocycles. The van der Waals surface area contributed by atoms with E-state index in [1.54, 1.807) is 24.8 Å². The highest BCUT2D eigenvalue weighted by molar-refractivity contribution is 5.82. The molecule has 0 N–H and O–H groups in total. The van der Waals surface area contributed by atoms with Gasteiger partial charge in [0.05, 0.1) is 36.8 Å². The molecular formula is C19H15F3N2O. The minimum absolute atomic E-state index is 0.527. The first-order valence-corrected chi connectivity index (χ1v) is 7.93. The summed E-state index contributed by atoms with van der Waals surface area (Å²) in [4.78, 5) is 4.17. The van der Waals surface area contributed by atoms with Gasteiger partial charge in [0, 0.05) is 11.8 Å². The Hall–Kier alpha value is -2.60. The van der Waals surface area contributed by atoms with Crippen LogP contribution in [0.3, 0.4) is 0 Å². The summed E-state index contributed by atoms with van der Waals surface area (Å²) >= 11 is 0. The van der Waals surface area contributed by atoms with Crippen molar-refractivity contribution in [3.63, 3.8) is 0 Å². The average molecular weight is 344 g/mol. The van der Waals surface area contributed by atoms with Gasteiger partial charge in [-0.15, -0.1) is 0 Å². The topological polar surface area (TPSA) is 26.5 Å². The number of fused-ring (bicyclic) bond motifs is 1. The van der Waals surface area contributed by atoms with E-state index in [9.17, 15) is 13.2 Å². The van der Waals surface area contributed by atoms with Gasteiger partial charge in [0.15, 0.2) is 0 Å². The van der Waals surface area contributed by atoms with Crippen molar-refractivity contribution < 1.29 is 17.9 Å². The third-order valence-corrected chi connectivity index (χ3v) is 4.35. The van der Waals surface area contributed by atoms with E-state index < -0.39 is 11.7 Å². The van der Waals surface area contributed by atoms with Crippen molar-refractivity contribution in [2.45, 2.75) is 12.6 Å². The van der Waals surface area contributed by atoms with Gasteiger partial charge >= 0.3 is 6.18 Å². The Morgan fingerprint density at radius 1 is 1.12 bits per heavy atom. The number of benzene rings is 1. The largest absolute Gasteiger partial charge is 0.416 e. The molecule has 0 fully saturated rings. The van der Waals surface area contributed by atoms with Crippen LogP contribution >= 0.6 is 0 Å². The van der Waals surface area contributed by atoms with Gasteiger partial charge in [-0.2, -0.15) is 13.2 Å². The summed E-state index contributed by atoms with van der Waals surface area (Å²) in [6, 6.07) is 7.32. The van der Waals surface area contributed by atoms with E-state index in [1.165, 1.54) is 12.1 Å². The van der Waals surface area contributed by atoms with Crippen LogP contribution < -0.4 is 0 Å². The molecule has 1 aliphatic rings. The van der Waals surface area contributed by atoms with Crippen molar-refractivity contribution in [1.82, 2.24) is 9.38 Å². The zero-order chi connectivity index (χ0) is 17.4. The van der Waals surface area contributed by atoms with E-state index in [2.05, 4.69) is 4.98 Å². The lowest BCUT2D eigenvalue weighted by Crippen LogP contribution is -2.05. The lowest BCUT2D eigenvalue weighted by molar-refractivity contribution is -0.137. The average Bonchev–Trinajstić information content (AvgIpc) is 3.09. The van der Waals surface area contributed by atoms with Crippen molar-refractivity contribution >= 4 is 11.1 Å². The molecule has 0 saturated heterocycles. The lowest BCUT2D eigenvalue weighted by atomic mass is 9.97. The van der Waals surface area contributed by atoms with E-state index in [4.69, 9.17) is 4.74 Å². The molecule has 3 nitrogen and oxygen atoms in total. The van der Waals surface area contributed by atoms with E-state index >= 15 is 0 Å². The van der Waals surface area contributed by atoms with Gasteiger partial charge in [0.2, 0.25) is 0 Å². The van der Waals surface area contributed by atoms with Gasteiger partial charge in [-0.25, -0.2) is 4.98 Å². The predicted octanol–water partition coefficient (Wildman–Crippen LogP) is 4.82. The van der Waals surface area contributed by atoms with E-state index in [-0.39, 0.29) is 0 Å². The van der Waals surface area contributed by atoms with Crippen molar-refractivity contribution in [2.75, 3.05) is 13.2 Å². The lowest BCUT2D eigenvalue weighted by Gasteiger charge is -2.16. The van der Waals surface area contributed by atoms with Crippen LogP contribution in [0, 0.1) is 0 Å². The van der Waals surface area contributed by atoms with Crippen molar-refractivity contribution in [1.29, 1.82) is 0 Å². The first-order valence-electron chi connectivity index (χ1n) is 7.93. The fourth-order valence-corrected chi connectivity index (χ4v) is 3.09. The van der Waals surface area contributed by atoms with Crippen LogP contribution in [0.5, 0.6) is 0 Å². The number of aromatic nitrogens is 2. The standard InChI is InChI=1S/C19H15F3N2O/c20-19(21,22)16-3-1-2-14(8-16)15-9-17(13-4-6-25-7-5-13)18-10-23-12-24(18)11-15/h1-4,8-12H,5-7H2. The predicted molar refractivity (Wildman–Crippen MR) is 89.0 cm³/mol. The van der Waals surface area contributed by atoms with Crippen LogP contribution in [0.25, 0.3) is 22.2 Å². The number of rotatable bonds is 2. The maximum absolute atomic E-state index is 13.0. The summed E-state index contributed by atoms with van der Waals surface area (Å²) in [6.07, 6.45) is 3.66. The van der Waals surface area contributed by atoms with Crippen molar-refractivity contribution in [2.24, 2.45) is 0 Å². The Morgan fingerprint density at radius 3 is 2.76 bits per heavy atom. The number of imidazole rings is 1. The van der Waals surface area contributed by atoms with E-state index in [0.717, 1.165) is 34.7 Å². The number of pyridine rings is 1. The van der Waals surface area contributed by atoms with Crippen LogP contribution in [0.15, 0.2) is 55.1 Å². The van der Waals surface area contributed by atoms with Crippen molar-refractivity contribution in [3.05, 3.63) is 66.3 Å². The van der Waals surface area contributed by atoms with E-state index in [1.807, 2.05) is 16.5 Å². The van der Waals surface area contributed by atoms with Crippen molar-refractivity contribution in [3.8, 4) is 11.1 Å². The van der Waals surface area contributed by atoms with Crippen LogP contribution in [0.1, 0.15) is 17.5 Å². The summed E-state index contributed by atoms with van der Waals surface area (Å²) in [5.74, 6) is 0. The van der Waals surface area contributed by atoms with Gasteiger partial charge in [-0.3, -0.25) is 0 Å². The maximum atomic E-state index is 13.0. The monoisotopic (exact) mass is 344 g/mol. The van der Waals surface area contributed by atoms with Crippen LogP contribution in [0.4, 0.5) is 13.2 Å². The molecule has 0 amide bonds. The van der Waals surface area contributed by atoms with Gasteiger partial charge in [-0.05, 0) is 41.3 Å². The highest BCUT2D eigenvalue weighted by Crippen LogP contribution is 2.34. The first-order chi connectivity index (χ1) is 12.0. The molecule has 0 atom stereocenters. The fourth-order valence-electron chi connectivity index (χ4n) is 3.09. The molecule has 0 aliphatic carbocycles. The van der Waals surface area contributed by atoms with Gasteiger partial charge in [0.1, 0.15) is 0 Å². The minimum Gasteiger partial charge on any atom is -0.377 e. The number of nitrogens with zero attached hydrogens (tertiary/aromatic N) is 2. The molecule has 1 aromatic carbocycles. The maximum Gasteiger partial charge on any atom is 0.416 e. The molecule has 0 bridgehead atoms. The Bertz CT molecular complexity index is 957. The molecule has 4 rings (SSSR count). The molecule has 0 saturated carbocycles. The molecule has 3 heterocycles. The second-order valence-electron chi connectivity index (χ2n) is 5.96. The highest BCUT2D eigenvalue weighted by atomic mass is 19.4. The molecule has 128 valence electrons. The molecule has 0 spiro atoms. The SMILES string of the molecule is FC(F)(F)c1cccc(-c2cc(C3=CCOCC3)c3cncn3c2)c1. The van der Waals surface area contributed by atoms with Gasteiger partial charge < -0.3 is 9.14 Å². The summed E-state index contributed by atoms with van der Waals surface area (Å²) in [7, 11) is 0. The summed E-state index contributed by atoms with van der Waals surface area (Å²) < 4.78 is 46.3. The van der Waals surface area contributed by atoms with Crippen LogP contribution in [0.2, 0.25) is 0 Å². The number of alkyl halides is 3. The second kappa shape index (κ2) is 6.04. The van der Waals surface area contributed by atoms with E-state index in [0.29, 0.717) is 18.8 Å². The van der Waals surface area contributed by atoms with Crippen LogP contribution in [-0.4, -0.2) is 22.6 Å². The van der Waals surface area contributed by atoms with Gasteiger partial charge in [-0.1, -0.05) is 18.2 Å². The summed E-state index contributed by atoms with van der Waals surface area (Å²) in [5, 5.41) is 0. The highest BCUT2D eigenvalue weighted by Gasteiger charge is 2.30. The summed E-state index contributed by atoms with van der Waals surface area (Å²) in [5.41, 5.74) is 3.64. The Kier molecular flexibility index (Phi) is 3.84. The Morgan fingerprint density at radius 2 is 2.00 bits per heavy atom. The number of hydrogen-bond donors (Lipinski definition) is 0. The number of halogens is 3. The smallest absolute Gasteiger partial charge is 0.377 e. The summed E-state index contributed by atoms with van der Waals surface area (Å²) in [6.45, 7) is 1.18. The third-order valence-electron chi connectivity index (χ3n) is 4.35. The molecule has 6 heteroatoms. The fraction of sp³-hybridized carbons (Fsp3) is 0.211. The minimum atomic E-state index is -4.36. The Balaban J connectivity index is 1.87. The number of ether oxygens (including phenoxy) is 1. The van der Waals surface area contributed by atoms with Gasteiger partial charge in [0.25, 0.3) is 0 Å². The molecule has 25 heavy (non-hydrogen) atoms. The molecule has 0 radical (unpaired) electrons. The van der Waals surface area contributed by atoms with Crippen LogP contribution in [-0.2, 0) is 10.9 Å².